The van der Waals surface area contributed by atoms with Gasteiger partial charge in [-0.25, -0.2) is 9.97 Å². The number of aryl methyl sites for hydroxylation is 1. The van der Waals surface area contributed by atoms with E-state index in [0.29, 0.717) is 0 Å². The van der Waals surface area contributed by atoms with Gasteiger partial charge in [0.25, 0.3) is 0 Å². The zero-order valence-electron chi connectivity index (χ0n) is 13.7. The summed E-state index contributed by atoms with van der Waals surface area (Å²) in [5.41, 5.74) is 1.51. The number of rotatable bonds is 3. The molecule has 3 heterocycles. The Hall–Kier alpha value is -1.24. The molecular formula is C17H24N4OS. The van der Waals surface area contributed by atoms with Gasteiger partial charge in [0.15, 0.2) is 0 Å². The smallest absolute Gasteiger partial charge is 0.141 e. The number of β-amino-alcohol motifs (C(OH)–C–C–N with tert-alkyl or cyclic N) is 1. The van der Waals surface area contributed by atoms with Crippen LogP contribution in [0.3, 0.4) is 0 Å². The summed E-state index contributed by atoms with van der Waals surface area (Å²) in [6.07, 6.45) is 5.38. The van der Waals surface area contributed by atoms with Gasteiger partial charge in [-0.15, -0.1) is 11.3 Å². The van der Waals surface area contributed by atoms with E-state index in [1.54, 1.807) is 6.33 Å². The molecule has 124 valence electrons. The Kier molecular flexibility index (Phi) is 4.22. The van der Waals surface area contributed by atoms with E-state index in [0.717, 1.165) is 49.3 Å². The molecule has 0 aromatic carbocycles. The second-order valence-electron chi connectivity index (χ2n) is 6.78. The fourth-order valence-corrected chi connectivity index (χ4v) is 5.01. The zero-order valence-corrected chi connectivity index (χ0v) is 14.5. The van der Waals surface area contributed by atoms with Gasteiger partial charge in [0.2, 0.25) is 0 Å². The van der Waals surface area contributed by atoms with Crippen LogP contribution in [0.1, 0.15) is 23.8 Å². The van der Waals surface area contributed by atoms with Crippen LogP contribution in [0.5, 0.6) is 0 Å². The minimum atomic E-state index is 0.244. The molecule has 0 bridgehead atoms. The summed E-state index contributed by atoms with van der Waals surface area (Å²) in [4.78, 5) is 16.6. The molecule has 0 spiro atoms. The average Bonchev–Trinajstić information content (AvgIpc) is 2.94. The third kappa shape index (κ3) is 2.84. The van der Waals surface area contributed by atoms with Crippen LogP contribution in [0, 0.1) is 5.92 Å². The first-order valence-electron chi connectivity index (χ1n) is 8.59. The van der Waals surface area contributed by atoms with Crippen LogP contribution >= 0.6 is 11.3 Å². The number of thiophene rings is 1. The van der Waals surface area contributed by atoms with E-state index >= 15 is 0 Å². The van der Waals surface area contributed by atoms with Crippen molar-refractivity contribution < 1.29 is 5.11 Å². The zero-order chi connectivity index (χ0) is 15.8. The number of piperazine rings is 1. The molecule has 1 aliphatic carbocycles. The first-order chi connectivity index (χ1) is 11.3. The van der Waals surface area contributed by atoms with Crippen LogP contribution in [-0.4, -0.2) is 59.3 Å². The van der Waals surface area contributed by atoms with Crippen molar-refractivity contribution in [3.8, 4) is 0 Å². The summed E-state index contributed by atoms with van der Waals surface area (Å²) in [6.45, 7) is 7.32. The molecule has 6 heteroatoms. The van der Waals surface area contributed by atoms with Gasteiger partial charge >= 0.3 is 0 Å². The first-order valence-corrected chi connectivity index (χ1v) is 9.41. The molecule has 1 aliphatic heterocycles. The SMILES string of the molecule is C[C@@H]1CCc2sc3ncnc(N4CCN(CCO)CC4)c3c2C1. The van der Waals surface area contributed by atoms with Gasteiger partial charge in [-0.05, 0) is 30.7 Å². The van der Waals surface area contributed by atoms with Gasteiger partial charge in [-0.2, -0.15) is 0 Å². The van der Waals surface area contributed by atoms with Crippen molar-refractivity contribution in [1.82, 2.24) is 14.9 Å². The Morgan fingerprint density at radius 3 is 2.87 bits per heavy atom. The maximum Gasteiger partial charge on any atom is 0.141 e. The summed E-state index contributed by atoms with van der Waals surface area (Å²) in [6, 6.07) is 0. The molecule has 23 heavy (non-hydrogen) atoms. The lowest BCUT2D eigenvalue weighted by Crippen LogP contribution is -2.47. The molecule has 1 fully saturated rings. The predicted octanol–water partition coefficient (Wildman–Crippen LogP) is 1.93. The topological polar surface area (TPSA) is 52.5 Å². The lowest BCUT2D eigenvalue weighted by molar-refractivity contribution is 0.188. The molecule has 1 saturated heterocycles. The number of hydrogen-bond donors (Lipinski definition) is 1. The normalized spacial score (nSPS) is 22.5. The number of aliphatic hydroxyl groups is 1. The van der Waals surface area contributed by atoms with Crippen molar-refractivity contribution in [2.24, 2.45) is 5.92 Å². The van der Waals surface area contributed by atoms with Crippen LogP contribution in [0.4, 0.5) is 5.82 Å². The van der Waals surface area contributed by atoms with Crippen LogP contribution in [0.25, 0.3) is 10.2 Å². The van der Waals surface area contributed by atoms with Crippen molar-refractivity contribution in [2.75, 3.05) is 44.2 Å². The lowest BCUT2D eigenvalue weighted by atomic mass is 9.88. The molecule has 5 nitrogen and oxygen atoms in total. The minimum Gasteiger partial charge on any atom is -0.395 e. The maximum atomic E-state index is 9.10. The quantitative estimate of drug-likeness (QED) is 0.931. The molecule has 1 N–H and O–H groups in total. The Labute approximate surface area is 141 Å². The van der Waals surface area contributed by atoms with Crippen LogP contribution in [0.2, 0.25) is 0 Å². The summed E-state index contributed by atoms with van der Waals surface area (Å²) in [7, 11) is 0. The highest BCUT2D eigenvalue weighted by molar-refractivity contribution is 7.19. The molecule has 0 unspecified atom stereocenters. The van der Waals surface area contributed by atoms with E-state index in [9.17, 15) is 0 Å². The molecule has 2 aromatic rings. The number of aromatic nitrogens is 2. The van der Waals surface area contributed by atoms with E-state index in [-0.39, 0.29) is 6.61 Å². The largest absolute Gasteiger partial charge is 0.395 e. The molecular weight excluding hydrogens is 308 g/mol. The highest BCUT2D eigenvalue weighted by Crippen LogP contribution is 2.40. The van der Waals surface area contributed by atoms with E-state index in [2.05, 4.69) is 26.7 Å². The highest BCUT2D eigenvalue weighted by atomic mass is 32.1. The van der Waals surface area contributed by atoms with E-state index in [1.165, 1.54) is 35.1 Å². The van der Waals surface area contributed by atoms with E-state index < -0.39 is 0 Å². The number of hydrogen-bond acceptors (Lipinski definition) is 6. The minimum absolute atomic E-state index is 0.244. The van der Waals surface area contributed by atoms with E-state index in [4.69, 9.17) is 5.11 Å². The van der Waals surface area contributed by atoms with Gasteiger partial charge in [0.1, 0.15) is 17.0 Å². The van der Waals surface area contributed by atoms with Crippen molar-refractivity contribution in [2.45, 2.75) is 26.2 Å². The standard InChI is InChI=1S/C17H24N4OS/c1-12-2-3-14-13(10-12)15-16(18-11-19-17(15)23-14)21-6-4-20(5-7-21)8-9-22/h11-12,22H,2-10H2,1H3/t12-/m1/s1. The van der Waals surface area contributed by atoms with Crippen molar-refractivity contribution in [3.05, 3.63) is 16.8 Å². The third-order valence-corrected chi connectivity index (χ3v) is 6.36. The molecule has 0 amide bonds. The monoisotopic (exact) mass is 332 g/mol. The molecule has 1 atom stereocenters. The van der Waals surface area contributed by atoms with Gasteiger partial charge in [-0.3, -0.25) is 4.90 Å². The summed E-state index contributed by atoms with van der Waals surface area (Å²) in [5.74, 6) is 1.89. The maximum absolute atomic E-state index is 9.10. The van der Waals surface area contributed by atoms with Crippen molar-refractivity contribution in [3.63, 3.8) is 0 Å². The fraction of sp³-hybridized carbons (Fsp3) is 0.647. The van der Waals surface area contributed by atoms with Gasteiger partial charge in [0.05, 0.1) is 12.0 Å². The van der Waals surface area contributed by atoms with Crippen LogP contribution in [0.15, 0.2) is 6.33 Å². The number of fused-ring (bicyclic) bond motifs is 3. The van der Waals surface area contributed by atoms with Gasteiger partial charge in [-0.1, -0.05) is 6.92 Å². The van der Waals surface area contributed by atoms with Gasteiger partial charge in [0, 0.05) is 37.6 Å². The second kappa shape index (κ2) is 6.34. The number of anilines is 1. The lowest BCUT2D eigenvalue weighted by Gasteiger charge is -2.35. The average molecular weight is 332 g/mol. The van der Waals surface area contributed by atoms with Crippen molar-refractivity contribution in [1.29, 1.82) is 0 Å². The Morgan fingerprint density at radius 2 is 2.09 bits per heavy atom. The second-order valence-corrected chi connectivity index (χ2v) is 7.87. The Morgan fingerprint density at radius 1 is 1.26 bits per heavy atom. The number of aliphatic hydroxyl groups excluding tert-OH is 1. The Bertz CT molecular complexity index is 693. The highest BCUT2D eigenvalue weighted by Gasteiger charge is 2.26. The summed E-state index contributed by atoms with van der Waals surface area (Å²) in [5, 5.41) is 10.4. The number of nitrogens with zero attached hydrogens (tertiary/aromatic N) is 4. The predicted molar refractivity (Wildman–Crippen MR) is 94.3 cm³/mol. The van der Waals surface area contributed by atoms with Gasteiger partial charge < -0.3 is 10.0 Å². The summed E-state index contributed by atoms with van der Waals surface area (Å²) < 4.78 is 0. The fourth-order valence-electron chi connectivity index (χ4n) is 3.83. The molecule has 0 radical (unpaired) electrons. The molecule has 4 rings (SSSR count). The first kappa shape index (κ1) is 15.3. The van der Waals surface area contributed by atoms with Crippen LogP contribution in [-0.2, 0) is 12.8 Å². The summed E-state index contributed by atoms with van der Waals surface area (Å²) >= 11 is 1.87. The molecule has 2 aliphatic rings. The Balaban J connectivity index is 1.67. The van der Waals surface area contributed by atoms with Crippen LogP contribution < -0.4 is 4.90 Å². The van der Waals surface area contributed by atoms with E-state index in [1.807, 2.05) is 11.3 Å². The molecule has 2 aromatic heterocycles. The third-order valence-electron chi connectivity index (χ3n) is 5.16. The van der Waals surface area contributed by atoms with Crippen molar-refractivity contribution >= 4 is 27.4 Å². The molecule has 0 saturated carbocycles.